The van der Waals surface area contributed by atoms with Gasteiger partial charge >= 0.3 is 0 Å². The van der Waals surface area contributed by atoms with Crippen LogP contribution in [0.25, 0.3) is 0 Å². The van der Waals surface area contributed by atoms with Gasteiger partial charge in [-0.3, -0.25) is 19.7 Å². The van der Waals surface area contributed by atoms with Crippen LogP contribution in [0.5, 0.6) is 0 Å². The van der Waals surface area contributed by atoms with Crippen molar-refractivity contribution in [3.63, 3.8) is 0 Å². The number of halogens is 1. The molecule has 0 spiro atoms. The van der Waals surface area contributed by atoms with Gasteiger partial charge < -0.3 is 0 Å². The van der Waals surface area contributed by atoms with Crippen molar-refractivity contribution in [2.75, 3.05) is 11.9 Å². The fourth-order valence-electron chi connectivity index (χ4n) is 3.41. The summed E-state index contributed by atoms with van der Waals surface area (Å²) in [4.78, 5) is 19.5. The number of likely N-dealkylation sites (tertiary alicyclic amines) is 1. The van der Waals surface area contributed by atoms with Crippen LogP contribution < -0.4 is 5.32 Å². The van der Waals surface area contributed by atoms with E-state index in [9.17, 15) is 4.79 Å². The number of carbonyl (C=O) groups is 1. The van der Waals surface area contributed by atoms with Crippen LogP contribution in [-0.2, 0) is 13.6 Å². The smallest absolute Gasteiger partial charge is 0.257 e. The Morgan fingerprint density at radius 1 is 1.41 bits per heavy atom. The Hall–Kier alpha value is -2.22. The molecule has 3 aromatic rings. The Morgan fingerprint density at radius 3 is 3.07 bits per heavy atom. The first-order chi connectivity index (χ1) is 13.1. The third kappa shape index (κ3) is 4.05. The van der Waals surface area contributed by atoms with Gasteiger partial charge in [-0.15, -0.1) is 11.3 Å². The van der Waals surface area contributed by atoms with Crippen molar-refractivity contribution in [2.45, 2.75) is 25.4 Å². The predicted molar refractivity (Wildman–Crippen MR) is 107 cm³/mol. The summed E-state index contributed by atoms with van der Waals surface area (Å²) in [6.07, 6.45) is 4.04. The van der Waals surface area contributed by atoms with Crippen LogP contribution in [0.15, 0.2) is 41.9 Å². The second-order valence-electron chi connectivity index (χ2n) is 6.62. The van der Waals surface area contributed by atoms with E-state index in [0.29, 0.717) is 15.7 Å². The molecule has 6 nitrogen and oxygen atoms in total. The molecule has 1 N–H and O–H groups in total. The SMILES string of the molecule is Cn1nccc1CN1CCC[C@H]1c1csc(NC(=O)c2cccc(Cl)c2)n1. The molecule has 3 heterocycles. The molecule has 1 amide bonds. The zero-order valence-corrected chi connectivity index (χ0v) is 16.5. The second kappa shape index (κ2) is 7.80. The molecule has 27 heavy (non-hydrogen) atoms. The molecule has 0 radical (unpaired) electrons. The Bertz CT molecular complexity index is 953. The molecule has 1 aromatic carbocycles. The fraction of sp³-hybridized carbons (Fsp3) is 0.316. The highest BCUT2D eigenvalue weighted by molar-refractivity contribution is 7.14. The summed E-state index contributed by atoms with van der Waals surface area (Å²) in [6.45, 7) is 1.89. The summed E-state index contributed by atoms with van der Waals surface area (Å²) in [5.74, 6) is -0.198. The summed E-state index contributed by atoms with van der Waals surface area (Å²) in [6, 6.07) is 9.22. The van der Waals surface area contributed by atoms with E-state index in [2.05, 4.69) is 20.3 Å². The van der Waals surface area contributed by atoms with E-state index in [1.54, 1.807) is 24.3 Å². The monoisotopic (exact) mass is 401 g/mol. The highest BCUT2D eigenvalue weighted by atomic mass is 35.5. The van der Waals surface area contributed by atoms with Crippen LogP contribution in [0.4, 0.5) is 5.13 Å². The normalized spacial score (nSPS) is 17.3. The number of carbonyl (C=O) groups excluding carboxylic acids is 1. The predicted octanol–water partition coefficient (Wildman–Crippen LogP) is 4.12. The number of amides is 1. The fourth-order valence-corrected chi connectivity index (χ4v) is 4.35. The molecular weight excluding hydrogens is 382 g/mol. The van der Waals surface area contributed by atoms with Crippen molar-refractivity contribution in [1.29, 1.82) is 0 Å². The number of aryl methyl sites for hydroxylation is 1. The largest absolute Gasteiger partial charge is 0.298 e. The molecule has 8 heteroatoms. The zero-order valence-electron chi connectivity index (χ0n) is 14.9. The average molecular weight is 402 g/mol. The third-order valence-electron chi connectivity index (χ3n) is 4.82. The molecular formula is C19H20ClN5OS. The summed E-state index contributed by atoms with van der Waals surface area (Å²) in [7, 11) is 1.97. The van der Waals surface area contributed by atoms with Gasteiger partial charge in [-0.25, -0.2) is 4.98 Å². The molecule has 1 aliphatic heterocycles. The van der Waals surface area contributed by atoms with Gasteiger partial charge in [0.05, 0.1) is 17.4 Å². The third-order valence-corrected chi connectivity index (χ3v) is 5.83. The van der Waals surface area contributed by atoms with E-state index >= 15 is 0 Å². The number of hydrogen-bond acceptors (Lipinski definition) is 5. The van der Waals surface area contributed by atoms with E-state index in [0.717, 1.165) is 31.6 Å². The maximum Gasteiger partial charge on any atom is 0.257 e. The Morgan fingerprint density at radius 2 is 2.30 bits per heavy atom. The minimum atomic E-state index is -0.198. The first-order valence-corrected chi connectivity index (χ1v) is 10.1. The molecule has 4 rings (SSSR count). The number of nitrogens with one attached hydrogen (secondary N) is 1. The molecule has 140 valence electrons. The number of anilines is 1. The average Bonchev–Trinajstić information content (AvgIpc) is 3.38. The summed E-state index contributed by atoms with van der Waals surface area (Å²) in [5.41, 5.74) is 2.73. The maximum absolute atomic E-state index is 12.4. The lowest BCUT2D eigenvalue weighted by Gasteiger charge is -2.22. The standard InChI is InChI=1S/C19H20ClN5OS/c1-24-15(7-8-21-24)11-25-9-3-6-17(25)16-12-27-19(22-16)23-18(26)13-4-2-5-14(20)10-13/h2,4-5,7-8,10,12,17H,3,6,9,11H2,1H3,(H,22,23,26)/t17-/m0/s1. The van der Waals surface area contributed by atoms with E-state index in [-0.39, 0.29) is 11.9 Å². The van der Waals surface area contributed by atoms with Crippen LogP contribution in [0.3, 0.4) is 0 Å². The van der Waals surface area contributed by atoms with Gasteiger partial charge in [0.2, 0.25) is 0 Å². The highest BCUT2D eigenvalue weighted by Crippen LogP contribution is 2.34. The van der Waals surface area contributed by atoms with Crippen molar-refractivity contribution in [3.8, 4) is 0 Å². The van der Waals surface area contributed by atoms with E-state index in [1.807, 2.05) is 29.4 Å². The van der Waals surface area contributed by atoms with Gasteiger partial charge in [0.15, 0.2) is 5.13 Å². The molecule has 2 aromatic heterocycles. The molecule has 0 aliphatic carbocycles. The number of aromatic nitrogens is 3. The van der Waals surface area contributed by atoms with Crippen LogP contribution in [-0.4, -0.2) is 32.1 Å². The first-order valence-electron chi connectivity index (χ1n) is 8.83. The summed E-state index contributed by atoms with van der Waals surface area (Å²) >= 11 is 7.42. The molecule has 1 saturated heterocycles. The first kappa shape index (κ1) is 18.2. The number of rotatable bonds is 5. The molecule has 0 bridgehead atoms. The Labute approximate surface area is 166 Å². The molecule has 1 atom stereocenters. The van der Waals surface area contributed by atoms with E-state index < -0.39 is 0 Å². The quantitative estimate of drug-likeness (QED) is 0.698. The van der Waals surface area contributed by atoms with Crippen LogP contribution >= 0.6 is 22.9 Å². The van der Waals surface area contributed by atoms with Crippen molar-refractivity contribution < 1.29 is 4.79 Å². The number of benzene rings is 1. The van der Waals surface area contributed by atoms with Crippen molar-refractivity contribution in [2.24, 2.45) is 7.05 Å². The van der Waals surface area contributed by atoms with E-state index in [4.69, 9.17) is 11.6 Å². The number of thiazole rings is 1. The van der Waals surface area contributed by atoms with E-state index in [1.165, 1.54) is 17.0 Å². The minimum Gasteiger partial charge on any atom is -0.298 e. The maximum atomic E-state index is 12.4. The van der Waals surface area contributed by atoms with Gasteiger partial charge in [-0.1, -0.05) is 17.7 Å². The van der Waals surface area contributed by atoms with Gasteiger partial charge in [0.1, 0.15) is 0 Å². The lowest BCUT2D eigenvalue weighted by Crippen LogP contribution is -2.24. The molecule has 0 unspecified atom stereocenters. The summed E-state index contributed by atoms with van der Waals surface area (Å²) < 4.78 is 1.91. The van der Waals surface area contributed by atoms with Crippen molar-refractivity contribution in [3.05, 3.63) is 63.9 Å². The zero-order chi connectivity index (χ0) is 18.8. The van der Waals surface area contributed by atoms with Crippen molar-refractivity contribution in [1.82, 2.24) is 19.7 Å². The highest BCUT2D eigenvalue weighted by Gasteiger charge is 2.28. The topological polar surface area (TPSA) is 63.1 Å². The number of hydrogen-bond donors (Lipinski definition) is 1. The van der Waals surface area contributed by atoms with Crippen LogP contribution in [0.1, 0.15) is 40.6 Å². The lowest BCUT2D eigenvalue weighted by atomic mass is 10.1. The van der Waals surface area contributed by atoms with Gasteiger partial charge in [-0.05, 0) is 43.7 Å². The number of nitrogens with zero attached hydrogens (tertiary/aromatic N) is 4. The Balaban J connectivity index is 1.45. The molecule has 0 saturated carbocycles. The van der Waals surface area contributed by atoms with Crippen LogP contribution in [0.2, 0.25) is 5.02 Å². The Kier molecular flexibility index (Phi) is 5.24. The summed E-state index contributed by atoms with van der Waals surface area (Å²) in [5, 5.41) is 10.3. The van der Waals surface area contributed by atoms with Crippen molar-refractivity contribution >= 4 is 34.0 Å². The van der Waals surface area contributed by atoms with Crippen LogP contribution in [0, 0.1) is 0 Å². The minimum absolute atomic E-state index is 0.198. The molecule has 1 fully saturated rings. The second-order valence-corrected chi connectivity index (χ2v) is 7.91. The van der Waals surface area contributed by atoms with Gasteiger partial charge in [-0.2, -0.15) is 5.10 Å². The lowest BCUT2D eigenvalue weighted by molar-refractivity contribution is 0.102. The van der Waals surface area contributed by atoms with Gasteiger partial charge in [0, 0.05) is 35.8 Å². The van der Waals surface area contributed by atoms with Gasteiger partial charge in [0.25, 0.3) is 5.91 Å². The molecule has 1 aliphatic rings.